The van der Waals surface area contributed by atoms with Gasteiger partial charge in [-0.15, -0.1) is 30.6 Å². The highest BCUT2D eigenvalue weighted by atomic mass is 127. The third-order valence-corrected chi connectivity index (χ3v) is 3.41. The van der Waals surface area contributed by atoms with Crippen LogP contribution in [-0.4, -0.2) is 75.2 Å². The van der Waals surface area contributed by atoms with Gasteiger partial charge in [-0.25, -0.2) is 4.99 Å². The lowest BCUT2D eigenvalue weighted by atomic mass is 10.1. The van der Waals surface area contributed by atoms with Crippen molar-refractivity contribution in [2.45, 2.75) is 13.3 Å². The number of carbonyl (C=O) groups excluding carboxylic acids is 1. The number of nitrogens with zero attached hydrogens (tertiary/aromatic N) is 3. The number of amides is 1. The lowest BCUT2D eigenvalue weighted by Crippen LogP contribution is -2.41. The van der Waals surface area contributed by atoms with Crippen LogP contribution in [0.15, 0.2) is 17.6 Å². The van der Waals surface area contributed by atoms with Crippen LogP contribution in [-0.2, 0) is 9.53 Å². The molecule has 6 nitrogen and oxygen atoms in total. The Kier molecular flexibility index (Phi) is 11.3. The molecule has 0 aromatic rings. The number of aliphatic imine (C=N–C) groups is 1. The summed E-state index contributed by atoms with van der Waals surface area (Å²) in [5.41, 5.74) is 0. The van der Waals surface area contributed by atoms with Gasteiger partial charge in [0.25, 0.3) is 0 Å². The highest BCUT2D eigenvalue weighted by molar-refractivity contribution is 14.0. The molecule has 0 aromatic heterocycles. The molecule has 22 heavy (non-hydrogen) atoms. The van der Waals surface area contributed by atoms with Gasteiger partial charge in [-0.2, -0.15) is 0 Å². The molecule has 1 unspecified atom stereocenters. The van der Waals surface area contributed by atoms with Gasteiger partial charge < -0.3 is 19.9 Å². The summed E-state index contributed by atoms with van der Waals surface area (Å²) >= 11 is 0. The van der Waals surface area contributed by atoms with E-state index in [0.717, 1.165) is 38.7 Å². The molecule has 0 bridgehead atoms. The van der Waals surface area contributed by atoms with E-state index in [9.17, 15) is 4.79 Å². The molecular formula is C15H29IN4O2. The molecule has 7 heteroatoms. The number of likely N-dealkylation sites (tertiary alicyclic amines) is 1. The molecule has 1 aliphatic rings. The normalized spacial score (nSPS) is 17.9. The predicted molar refractivity (Wildman–Crippen MR) is 101 cm³/mol. The van der Waals surface area contributed by atoms with Crippen molar-refractivity contribution in [1.82, 2.24) is 15.1 Å². The van der Waals surface area contributed by atoms with Gasteiger partial charge in [0.1, 0.15) is 6.54 Å². The van der Waals surface area contributed by atoms with Gasteiger partial charge >= 0.3 is 0 Å². The van der Waals surface area contributed by atoms with Gasteiger partial charge in [0.05, 0.1) is 6.61 Å². The average molecular weight is 424 g/mol. The van der Waals surface area contributed by atoms with E-state index in [1.54, 1.807) is 25.1 Å². The number of hydrogen-bond acceptors (Lipinski definition) is 3. The highest BCUT2D eigenvalue weighted by Gasteiger charge is 2.25. The van der Waals surface area contributed by atoms with Crippen LogP contribution in [0.1, 0.15) is 13.3 Å². The van der Waals surface area contributed by atoms with E-state index in [4.69, 9.17) is 4.74 Å². The molecule has 1 fully saturated rings. The lowest BCUT2D eigenvalue weighted by molar-refractivity contribution is -0.127. The zero-order valence-electron chi connectivity index (χ0n) is 13.9. The standard InChI is InChI=1S/C15H28N4O2.HI/c1-5-8-16-15(17-10-14(20)18(3)4)19-9-7-13(11-19)12-21-6-2;/h5,13H,1,6-12H2,2-4H3,(H,16,17);1H. The van der Waals surface area contributed by atoms with Crippen molar-refractivity contribution in [2.24, 2.45) is 10.9 Å². The zero-order chi connectivity index (χ0) is 15.7. The Hall–Kier alpha value is -0.830. The van der Waals surface area contributed by atoms with Crippen LogP contribution in [0.3, 0.4) is 0 Å². The fourth-order valence-electron chi connectivity index (χ4n) is 2.16. The Morgan fingerprint density at radius 2 is 2.27 bits per heavy atom. The van der Waals surface area contributed by atoms with Crippen LogP contribution >= 0.6 is 24.0 Å². The average Bonchev–Trinajstić information content (AvgIpc) is 2.93. The van der Waals surface area contributed by atoms with Crippen LogP contribution in [0.2, 0.25) is 0 Å². The van der Waals surface area contributed by atoms with Crippen LogP contribution in [0.4, 0.5) is 0 Å². The van der Waals surface area contributed by atoms with Crippen LogP contribution in [0.25, 0.3) is 0 Å². The Morgan fingerprint density at radius 1 is 1.55 bits per heavy atom. The second-order valence-corrected chi connectivity index (χ2v) is 5.36. The highest BCUT2D eigenvalue weighted by Crippen LogP contribution is 2.16. The van der Waals surface area contributed by atoms with E-state index in [1.165, 1.54) is 0 Å². The maximum absolute atomic E-state index is 11.7. The number of hydrogen-bond donors (Lipinski definition) is 1. The van der Waals surface area contributed by atoms with E-state index < -0.39 is 0 Å². The lowest BCUT2D eigenvalue weighted by Gasteiger charge is -2.22. The summed E-state index contributed by atoms with van der Waals surface area (Å²) in [5.74, 6) is 1.31. The predicted octanol–water partition coefficient (Wildman–Crippen LogP) is 1.18. The molecule has 0 spiro atoms. The minimum atomic E-state index is -0.00188. The fourth-order valence-corrected chi connectivity index (χ4v) is 2.16. The smallest absolute Gasteiger partial charge is 0.243 e. The van der Waals surface area contributed by atoms with E-state index in [2.05, 4.69) is 21.8 Å². The number of carbonyl (C=O) groups is 1. The van der Waals surface area contributed by atoms with Crippen molar-refractivity contribution in [1.29, 1.82) is 0 Å². The molecular weight excluding hydrogens is 395 g/mol. The second-order valence-electron chi connectivity index (χ2n) is 5.36. The van der Waals surface area contributed by atoms with E-state index in [0.29, 0.717) is 12.5 Å². The van der Waals surface area contributed by atoms with Crippen molar-refractivity contribution in [3.05, 3.63) is 12.7 Å². The summed E-state index contributed by atoms with van der Waals surface area (Å²) in [7, 11) is 3.48. The molecule has 1 saturated heterocycles. The summed E-state index contributed by atoms with van der Waals surface area (Å²) < 4.78 is 5.49. The SMILES string of the molecule is C=CCNC(=NCC(=O)N(C)C)N1CCC(COCC)C1.I. The van der Waals surface area contributed by atoms with Gasteiger partial charge in [-0.3, -0.25) is 4.79 Å². The quantitative estimate of drug-likeness (QED) is 0.289. The number of likely N-dealkylation sites (N-methyl/N-ethyl adjacent to an activating group) is 1. The van der Waals surface area contributed by atoms with Crippen molar-refractivity contribution in [3.8, 4) is 0 Å². The Balaban J connectivity index is 0.00000441. The van der Waals surface area contributed by atoms with E-state index >= 15 is 0 Å². The second kappa shape index (κ2) is 11.7. The number of ether oxygens (including phenoxy) is 1. The summed E-state index contributed by atoms with van der Waals surface area (Å²) in [6, 6.07) is 0. The first-order valence-electron chi connectivity index (χ1n) is 7.50. The molecule has 0 saturated carbocycles. The molecule has 128 valence electrons. The largest absolute Gasteiger partial charge is 0.381 e. The van der Waals surface area contributed by atoms with Crippen LogP contribution in [0, 0.1) is 5.92 Å². The molecule has 1 aliphatic heterocycles. The maximum Gasteiger partial charge on any atom is 0.243 e. The number of halogens is 1. The number of nitrogens with one attached hydrogen (secondary N) is 1. The first-order valence-corrected chi connectivity index (χ1v) is 7.50. The van der Waals surface area contributed by atoms with E-state index in [1.807, 2.05) is 6.92 Å². The van der Waals surface area contributed by atoms with Crippen molar-refractivity contribution in [3.63, 3.8) is 0 Å². The molecule has 1 heterocycles. The van der Waals surface area contributed by atoms with Gasteiger partial charge in [0.15, 0.2) is 5.96 Å². The third-order valence-electron chi connectivity index (χ3n) is 3.41. The monoisotopic (exact) mass is 424 g/mol. The van der Waals surface area contributed by atoms with Crippen molar-refractivity contribution in [2.75, 3.05) is 53.5 Å². The van der Waals surface area contributed by atoms with Gasteiger partial charge in [0.2, 0.25) is 5.91 Å². The molecule has 0 radical (unpaired) electrons. The fraction of sp³-hybridized carbons (Fsp3) is 0.733. The Bertz CT molecular complexity index is 375. The Morgan fingerprint density at radius 3 is 2.86 bits per heavy atom. The summed E-state index contributed by atoms with van der Waals surface area (Å²) in [6.45, 7) is 9.93. The van der Waals surface area contributed by atoms with Crippen molar-refractivity contribution >= 4 is 35.8 Å². The minimum absolute atomic E-state index is 0. The molecule has 1 amide bonds. The Labute approximate surface area is 151 Å². The van der Waals surface area contributed by atoms with Gasteiger partial charge in [-0.05, 0) is 13.3 Å². The van der Waals surface area contributed by atoms with Crippen molar-refractivity contribution < 1.29 is 9.53 Å². The first kappa shape index (κ1) is 21.2. The van der Waals surface area contributed by atoms with Crippen LogP contribution < -0.4 is 5.32 Å². The molecule has 1 rings (SSSR count). The van der Waals surface area contributed by atoms with Gasteiger partial charge in [0, 0.05) is 46.3 Å². The zero-order valence-corrected chi connectivity index (χ0v) is 16.2. The summed E-state index contributed by atoms with van der Waals surface area (Å²) in [5, 5.41) is 3.23. The van der Waals surface area contributed by atoms with E-state index in [-0.39, 0.29) is 36.4 Å². The number of guanidine groups is 1. The first-order chi connectivity index (χ1) is 10.1. The van der Waals surface area contributed by atoms with Crippen LogP contribution in [0.5, 0.6) is 0 Å². The molecule has 0 aromatic carbocycles. The van der Waals surface area contributed by atoms with Gasteiger partial charge in [-0.1, -0.05) is 6.08 Å². The topological polar surface area (TPSA) is 57.2 Å². The summed E-state index contributed by atoms with van der Waals surface area (Å²) in [6.07, 6.45) is 2.88. The summed E-state index contributed by atoms with van der Waals surface area (Å²) in [4.78, 5) is 19.8. The maximum atomic E-state index is 11.7. The molecule has 1 atom stereocenters. The third kappa shape index (κ3) is 7.44. The minimum Gasteiger partial charge on any atom is -0.381 e. The number of rotatable bonds is 7. The molecule has 1 N–H and O–H groups in total. The molecule has 0 aliphatic carbocycles.